The fourth-order valence-corrected chi connectivity index (χ4v) is 6.32. The Hall–Kier alpha value is -0.120. The number of benzene rings is 1. The van der Waals surface area contributed by atoms with Crippen molar-refractivity contribution in [2.75, 3.05) is 4.43 Å². The lowest BCUT2D eigenvalue weighted by Crippen LogP contribution is -2.47. The van der Waals surface area contributed by atoms with Crippen molar-refractivity contribution in [2.45, 2.75) is 22.9 Å². The summed E-state index contributed by atoms with van der Waals surface area (Å²) in [5.41, 5.74) is 3.89. The van der Waals surface area contributed by atoms with Crippen LogP contribution in [0.25, 0.3) is 0 Å². The molecular formula is C18H16ClI2NOS. The quantitative estimate of drug-likeness (QED) is 0.253. The third-order valence-corrected chi connectivity index (χ3v) is 7.38. The summed E-state index contributed by atoms with van der Waals surface area (Å²) in [6, 6.07) is 10.7. The molecule has 1 aromatic carbocycles. The topological polar surface area (TPSA) is 20.3 Å². The standard InChI is InChI=1S/C18H16ClI2NOS/c1-2-17(23)22-10-15-13(7-16(19)24-15)18(14(22)9-21)12-6-4-3-5-11(12)8-20/h2-7,14,18H,1,8-10H2/t14-,18-/m1/s1. The number of halogens is 3. The number of rotatable bonds is 4. The van der Waals surface area contributed by atoms with Crippen molar-refractivity contribution in [2.24, 2.45) is 0 Å². The highest BCUT2D eigenvalue weighted by molar-refractivity contribution is 14.1. The molecule has 1 aliphatic heterocycles. The van der Waals surface area contributed by atoms with Crippen molar-refractivity contribution in [3.63, 3.8) is 0 Å². The van der Waals surface area contributed by atoms with E-state index < -0.39 is 0 Å². The van der Waals surface area contributed by atoms with Crippen LogP contribution in [0.2, 0.25) is 4.34 Å². The van der Waals surface area contributed by atoms with Crippen molar-refractivity contribution >= 4 is 74.0 Å². The molecule has 2 nitrogen and oxygen atoms in total. The van der Waals surface area contributed by atoms with E-state index in [2.05, 4.69) is 82.1 Å². The summed E-state index contributed by atoms with van der Waals surface area (Å²) in [7, 11) is 0. The Labute approximate surface area is 178 Å². The molecule has 6 heteroatoms. The Morgan fingerprint density at radius 1 is 1.38 bits per heavy atom. The minimum Gasteiger partial charge on any atom is -0.329 e. The molecular weight excluding hydrogens is 568 g/mol. The van der Waals surface area contributed by atoms with E-state index in [0.717, 1.165) is 13.2 Å². The molecule has 2 heterocycles. The molecule has 2 atom stereocenters. The van der Waals surface area contributed by atoms with Crippen molar-refractivity contribution in [1.29, 1.82) is 0 Å². The number of alkyl halides is 2. The Morgan fingerprint density at radius 2 is 2.12 bits per heavy atom. The molecule has 0 unspecified atom stereocenters. The van der Waals surface area contributed by atoms with Crippen LogP contribution in [-0.2, 0) is 15.8 Å². The number of fused-ring (bicyclic) bond motifs is 1. The lowest BCUT2D eigenvalue weighted by atomic mass is 9.80. The maximum Gasteiger partial charge on any atom is 0.246 e. The highest BCUT2D eigenvalue weighted by Crippen LogP contribution is 2.45. The van der Waals surface area contributed by atoms with E-state index in [1.807, 2.05) is 4.90 Å². The van der Waals surface area contributed by atoms with Crippen LogP contribution >= 0.6 is 68.1 Å². The molecule has 0 radical (unpaired) electrons. The second kappa shape index (κ2) is 8.05. The summed E-state index contributed by atoms with van der Waals surface area (Å²) in [5.74, 6) is 0.146. The first-order valence-electron chi connectivity index (χ1n) is 7.51. The van der Waals surface area contributed by atoms with Gasteiger partial charge in [0.1, 0.15) is 0 Å². The van der Waals surface area contributed by atoms with Crippen molar-refractivity contribution < 1.29 is 4.79 Å². The number of thiophene rings is 1. The van der Waals surface area contributed by atoms with Crippen LogP contribution < -0.4 is 0 Å². The summed E-state index contributed by atoms with van der Waals surface area (Å²) in [5, 5.41) is 0. The van der Waals surface area contributed by atoms with Crippen LogP contribution in [0, 0.1) is 0 Å². The second-order valence-electron chi connectivity index (χ2n) is 5.63. The van der Waals surface area contributed by atoms with Gasteiger partial charge in [-0.1, -0.05) is 87.6 Å². The Balaban J connectivity index is 2.19. The van der Waals surface area contributed by atoms with Crippen LogP contribution in [-0.4, -0.2) is 21.3 Å². The summed E-state index contributed by atoms with van der Waals surface area (Å²) in [6.07, 6.45) is 1.42. The van der Waals surface area contributed by atoms with E-state index in [9.17, 15) is 4.79 Å². The van der Waals surface area contributed by atoms with Crippen molar-refractivity contribution in [3.05, 3.63) is 68.9 Å². The molecule has 2 aromatic rings. The van der Waals surface area contributed by atoms with Crippen LogP contribution in [0.15, 0.2) is 43.0 Å². The minimum atomic E-state index is -0.0104. The molecule has 0 aliphatic carbocycles. The van der Waals surface area contributed by atoms with E-state index in [-0.39, 0.29) is 17.9 Å². The first kappa shape index (κ1) is 18.7. The van der Waals surface area contributed by atoms with Gasteiger partial charge in [0.05, 0.1) is 16.9 Å². The number of hydrogen-bond acceptors (Lipinski definition) is 2. The normalized spacial score (nSPS) is 19.9. The predicted octanol–water partition coefficient (Wildman–Crippen LogP) is 5.80. The van der Waals surface area contributed by atoms with Gasteiger partial charge in [-0.25, -0.2) is 0 Å². The zero-order valence-electron chi connectivity index (χ0n) is 12.8. The summed E-state index contributed by atoms with van der Waals surface area (Å²) < 4.78 is 2.60. The van der Waals surface area contributed by atoms with Crippen LogP contribution in [0.3, 0.4) is 0 Å². The smallest absolute Gasteiger partial charge is 0.246 e. The van der Waals surface area contributed by atoms with Gasteiger partial charge in [-0.3, -0.25) is 4.79 Å². The lowest BCUT2D eigenvalue weighted by molar-refractivity contribution is -0.129. The number of hydrogen-bond donors (Lipinski definition) is 0. The SMILES string of the molecule is C=CC(=O)N1Cc2sc(Cl)cc2[C@@H](c2ccccc2CI)[C@H]1CI. The third kappa shape index (κ3) is 3.41. The average Bonchev–Trinajstić information content (AvgIpc) is 2.99. The Morgan fingerprint density at radius 3 is 2.79 bits per heavy atom. The maximum atomic E-state index is 12.5. The largest absolute Gasteiger partial charge is 0.329 e. The Kier molecular flexibility index (Phi) is 6.26. The van der Waals surface area contributed by atoms with E-state index >= 15 is 0 Å². The fraction of sp³-hybridized carbons (Fsp3) is 0.278. The lowest BCUT2D eigenvalue weighted by Gasteiger charge is -2.41. The summed E-state index contributed by atoms with van der Waals surface area (Å²) in [6.45, 7) is 4.30. The zero-order valence-corrected chi connectivity index (χ0v) is 18.7. The molecule has 0 saturated heterocycles. The third-order valence-electron chi connectivity index (χ3n) is 4.40. The number of nitrogens with zero attached hydrogens (tertiary/aromatic N) is 1. The number of carbonyl (C=O) groups is 1. The summed E-state index contributed by atoms with van der Waals surface area (Å²) >= 11 is 12.7. The first-order valence-corrected chi connectivity index (χ1v) is 11.8. The van der Waals surface area contributed by atoms with Crippen molar-refractivity contribution in [1.82, 2.24) is 4.90 Å². The molecule has 1 aromatic heterocycles. The fourth-order valence-electron chi connectivity index (χ4n) is 3.32. The first-order chi connectivity index (χ1) is 11.6. The van der Waals surface area contributed by atoms with E-state index in [4.69, 9.17) is 11.6 Å². The van der Waals surface area contributed by atoms with E-state index in [1.165, 1.54) is 27.6 Å². The van der Waals surface area contributed by atoms with Gasteiger partial charge in [-0.15, -0.1) is 11.3 Å². The molecule has 0 fully saturated rings. The van der Waals surface area contributed by atoms with Crippen molar-refractivity contribution in [3.8, 4) is 0 Å². The van der Waals surface area contributed by atoms with E-state index in [1.54, 1.807) is 11.3 Å². The van der Waals surface area contributed by atoms with Crippen LogP contribution in [0.4, 0.5) is 0 Å². The Bertz CT molecular complexity index is 776. The molecule has 1 aliphatic rings. The van der Waals surface area contributed by atoms with Gasteiger partial charge in [0, 0.05) is 19.7 Å². The second-order valence-corrected chi connectivity index (χ2v) is 9.04. The molecule has 0 spiro atoms. The van der Waals surface area contributed by atoms with E-state index in [0.29, 0.717) is 6.54 Å². The minimum absolute atomic E-state index is 0.0104. The maximum absolute atomic E-state index is 12.5. The van der Waals surface area contributed by atoms with Crippen LogP contribution in [0.1, 0.15) is 27.5 Å². The molecule has 0 bridgehead atoms. The van der Waals surface area contributed by atoms with Gasteiger partial charge in [-0.05, 0) is 28.8 Å². The van der Waals surface area contributed by atoms with Gasteiger partial charge in [0.15, 0.2) is 0 Å². The molecule has 0 N–H and O–H groups in total. The van der Waals surface area contributed by atoms with Gasteiger partial charge in [0.25, 0.3) is 0 Å². The highest BCUT2D eigenvalue weighted by atomic mass is 127. The highest BCUT2D eigenvalue weighted by Gasteiger charge is 2.39. The average molecular weight is 584 g/mol. The number of amides is 1. The molecule has 126 valence electrons. The molecule has 0 saturated carbocycles. The van der Waals surface area contributed by atoms with Gasteiger partial charge >= 0.3 is 0 Å². The van der Waals surface area contributed by atoms with Gasteiger partial charge < -0.3 is 4.90 Å². The molecule has 1 amide bonds. The van der Waals surface area contributed by atoms with Gasteiger partial charge in [-0.2, -0.15) is 0 Å². The molecule has 3 rings (SSSR count). The predicted molar refractivity (Wildman–Crippen MR) is 119 cm³/mol. The monoisotopic (exact) mass is 583 g/mol. The zero-order chi connectivity index (χ0) is 17.3. The van der Waals surface area contributed by atoms with Crippen LogP contribution in [0.5, 0.6) is 0 Å². The summed E-state index contributed by atoms with van der Waals surface area (Å²) in [4.78, 5) is 15.6. The van der Waals surface area contributed by atoms with Gasteiger partial charge in [0.2, 0.25) is 5.91 Å². The number of carbonyl (C=O) groups excluding carboxylic acids is 1. The molecule has 24 heavy (non-hydrogen) atoms.